The number of methoxy groups -OCH3 is 1. The van der Waals surface area contributed by atoms with E-state index in [-0.39, 0.29) is 23.5 Å². The van der Waals surface area contributed by atoms with Crippen LogP contribution in [0.5, 0.6) is 11.5 Å². The number of rotatable bonds is 12. The number of ether oxygens (including phenoxy) is 2. The van der Waals surface area contributed by atoms with Gasteiger partial charge in [0.25, 0.3) is 21.8 Å². The fourth-order valence-electron chi connectivity index (χ4n) is 4.56. The van der Waals surface area contributed by atoms with E-state index in [4.69, 9.17) is 9.47 Å². The molecule has 222 valence electrons. The first-order valence-corrected chi connectivity index (χ1v) is 15.3. The maximum absolute atomic E-state index is 13.5. The normalized spacial score (nSPS) is 13.9. The topological polar surface area (TPSA) is 126 Å². The second-order valence-corrected chi connectivity index (χ2v) is 11.9. The van der Waals surface area contributed by atoms with Crippen molar-refractivity contribution in [1.29, 1.82) is 0 Å². The molecule has 0 aromatic heterocycles. The van der Waals surface area contributed by atoms with Gasteiger partial charge in [-0.15, -0.1) is 0 Å². The summed E-state index contributed by atoms with van der Waals surface area (Å²) in [6, 6.07) is 19.9. The van der Waals surface area contributed by atoms with Crippen LogP contribution in [0.15, 0.2) is 82.8 Å². The number of amides is 2. The molecule has 1 fully saturated rings. The van der Waals surface area contributed by atoms with E-state index in [0.29, 0.717) is 22.7 Å². The van der Waals surface area contributed by atoms with Gasteiger partial charge in [-0.05, 0) is 86.0 Å². The summed E-state index contributed by atoms with van der Waals surface area (Å²) in [6.07, 6.45) is 6.97. The number of nitrogens with one attached hydrogen (secondary N) is 2. The summed E-state index contributed by atoms with van der Waals surface area (Å²) >= 11 is 0. The van der Waals surface area contributed by atoms with Crippen molar-refractivity contribution in [2.45, 2.75) is 50.0 Å². The number of anilines is 1. The van der Waals surface area contributed by atoms with Gasteiger partial charge in [0, 0.05) is 6.04 Å². The third kappa shape index (κ3) is 8.56. The van der Waals surface area contributed by atoms with Crippen LogP contribution in [0.1, 0.15) is 43.2 Å². The molecule has 4 rings (SSSR count). The number of benzene rings is 3. The largest absolute Gasteiger partial charge is 0.497 e. The van der Waals surface area contributed by atoms with Gasteiger partial charge in [0.2, 0.25) is 0 Å². The lowest BCUT2D eigenvalue weighted by molar-refractivity contribution is -0.124. The molecule has 1 aliphatic carbocycles. The number of aryl methyl sites for hydroxylation is 1. The average molecular weight is 593 g/mol. The number of hydrogen-bond acceptors (Lipinski definition) is 7. The van der Waals surface area contributed by atoms with Gasteiger partial charge in [-0.2, -0.15) is 5.10 Å². The van der Waals surface area contributed by atoms with Gasteiger partial charge in [0.1, 0.15) is 18.0 Å². The molecule has 2 N–H and O–H groups in total. The molecule has 0 saturated heterocycles. The molecule has 1 aliphatic rings. The number of hydrazone groups is 1. The first kappa shape index (κ1) is 30.6. The van der Waals surface area contributed by atoms with Gasteiger partial charge < -0.3 is 14.8 Å². The Bertz CT molecular complexity index is 1470. The Morgan fingerprint density at radius 1 is 0.905 bits per heavy atom. The first-order valence-electron chi connectivity index (χ1n) is 13.8. The summed E-state index contributed by atoms with van der Waals surface area (Å²) in [6.45, 7) is 1.35. The number of nitrogens with zero attached hydrogens (tertiary/aromatic N) is 2. The Morgan fingerprint density at radius 3 is 2.19 bits per heavy atom. The molecule has 0 atom stereocenters. The highest BCUT2D eigenvalue weighted by atomic mass is 32.2. The van der Waals surface area contributed by atoms with Gasteiger partial charge in [0.15, 0.2) is 6.61 Å². The van der Waals surface area contributed by atoms with Crippen molar-refractivity contribution in [1.82, 2.24) is 10.7 Å². The van der Waals surface area contributed by atoms with Crippen LogP contribution < -0.4 is 24.5 Å². The minimum absolute atomic E-state index is 0.0222. The number of carbonyl (C=O) groups excluding carboxylic acids is 2. The summed E-state index contributed by atoms with van der Waals surface area (Å²) in [5.74, 6) is 0.298. The standard InChI is InChI=1S/C31H36N4O6S/c1-23-8-12-26(13-9-23)35(42(38,39)29-18-16-27(40-2)17-19-29)21-30(36)34-32-20-24-10-14-28(15-11-24)41-22-31(37)33-25-6-4-3-5-7-25/h8-20,25H,3-7,21-22H2,1-2H3,(H,33,37)(H,34,36)/b32-20-. The fourth-order valence-corrected chi connectivity index (χ4v) is 5.98. The molecule has 0 heterocycles. The summed E-state index contributed by atoms with van der Waals surface area (Å²) < 4.78 is 38.8. The van der Waals surface area contributed by atoms with Crippen molar-refractivity contribution in [3.8, 4) is 11.5 Å². The molecule has 42 heavy (non-hydrogen) atoms. The molecule has 3 aromatic carbocycles. The van der Waals surface area contributed by atoms with E-state index in [1.54, 1.807) is 60.7 Å². The van der Waals surface area contributed by atoms with E-state index >= 15 is 0 Å². The van der Waals surface area contributed by atoms with Crippen LogP contribution in [0.3, 0.4) is 0 Å². The van der Waals surface area contributed by atoms with Crippen LogP contribution in [0.2, 0.25) is 0 Å². The summed E-state index contributed by atoms with van der Waals surface area (Å²) in [4.78, 5) is 25.0. The molecule has 3 aromatic rings. The van der Waals surface area contributed by atoms with Crippen molar-refractivity contribution in [2.75, 3.05) is 24.6 Å². The first-order chi connectivity index (χ1) is 20.2. The fraction of sp³-hybridized carbons (Fsp3) is 0.323. The molecule has 1 saturated carbocycles. The van der Waals surface area contributed by atoms with E-state index in [2.05, 4.69) is 15.8 Å². The Balaban J connectivity index is 1.34. The Hall–Kier alpha value is -4.38. The summed E-state index contributed by atoms with van der Waals surface area (Å²) in [7, 11) is -2.57. The molecule has 0 unspecified atom stereocenters. The zero-order valence-electron chi connectivity index (χ0n) is 23.8. The number of sulfonamides is 1. The third-order valence-corrected chi connectivity index (χ3v) is 8.67. The predicted molar refractivity (Wildman–Crippen MR) is 161 cm³/mol. The van der Waals surface area contributed by atoms with Gasteiger partial charge >= 0.3 is 0 Å². The minimum Gasteiger partial charge on any atom is -0.497 e. The second kappa shape index (κ2) is 14.5. The highest BCUT2D eigenvalue weighted by Gasteiger charge is 2.27. The van der Waals surface area contributed by atoms with Crippen LogP contribution in [-0.4, -0.2) is 52.8 Å². The molecule has 0 aliphatic heterocycles. The lowest BCUT2D eigenvalue weighted by atomic mass is 9.95. The summed E-state index contributed by atoms with van der Waals surface area (Å²) in [5, 5.41) is 7.00. The zero-order chi connectivity index (χ0) is 30.0. The van der Waals surface area contributed by atoms with Crippen LogP contribution >= 0.6 is 0 Å². The van der Waals surface area contributed by atoms with Crippen molar-refractivity contribution >= 4 is 33.7 Å². The predicted octanol–water partition coefficient (Wildman–Crippen LogP) is 4.18. The second-order valence-electron chi connectivity index (χ2n) is 10.1. The number of hydrogen-bond donors (Lipinski definition) is 2. The Kier molecular flexibility index (Phi) is 10.6. The van der Waals surface area contributed by atoms with Crippen LogP contribution in [0.25, 0.3) is 0 Å². The lowest BCUT2D eigenvalue weighted by Gasteiger charge is -2.24. The quantitative estimate of drug-likeness (QED) is 0.240. The Labute approximate surface area is 246 Å². The molecule has 0 spiro atoms. The molecule has 11 heteroatoms. The van der Waals surface area contributed by atoms with Crippen LogP contribution in [0.4, 0.5) is 5.69 Å². The molecule has 2 amide bonds. The van der Waals surface area contributed by atoms with E-state index in [9.17, 15) is 18.0 Å². The van der Waals surface area contributed by atoms with Crippen molar-refractivity contribution in [2.24, 2.45) is 5.10 Å². The maximum Gasteiger partial charge on any atom is 0.264 e. The monoisotopic (exact) mass is 592 g/mol. The van der Waals surface area contributed by atoms with Gasteiger partial charge in [-0.3, -0.25) is 13.9 Å². The summed E-state index contributed by atoms with van der Waals surface area (Å²) in [5.41, 5.74) is 4.37. The van der Waals surface area contributed by atoms with Crippen molar-refractivity contribution < 1.29 is 27.5 Å². The molecular formula is C31H36N4O6S. The van der Waals surface area contributed by atoms with Gasteiger partial charge in [-0.1, -0.05) is 37.0 Å². The van der Waals surface area contributed by atoms with E-state index in [0.717, 1.165) is 35.6 Å². The molecule has 0 bridgehead atoms. The van der Waals surface area contributed by atoms with Crippen LogP contribution in [0, 0.1) is 6.92 Å². The van der Waals surface area contributed by atoms with E-state index in [1.165, 1.54) is 31.9 Å². The van der Waals surface area contributed by atoms with Gasteiger partial charge in [0.05, 0.1) is 23.9 Å². The maximum atomic E-state index is 13.5. The van der Waals surface area contributed by atoms with Crippen molar-refractivity contribution in [3.05, 3.63) is 83.9 Å². The lowest BCUT2D eigenvalue weighted by Crippen LogP contribution is -2.39. The highest BCUT2D eigenvalue weighted by Crippen LogP contribution is 2.25. The van der Waals surface area contributed by atoms with Crippen LogP contribution in [-0.2, 0) is 19.6 Å². The number of carbonyl (C=O) groups is 2. The van der Waals surface area contributed by atoms with E-state index < -0.39 is 22.5 Å². The highest BCUT2D eigenvalue weighted by molar-refractivity contribution is 7.92. The average Bonchev–Trinajstić information content (AvgIpc) is 3.00. The smallest absolute Gasteiger partial charge is 0.264 e. The Morgan fingerprint density at radius 2 is 1.55 bits per heavy atom. The van der Waals surface area contributed by atoms with E-state index in [1.807, 2.05) is 6.92 Å². The van der Waals surface area contributed by atoms with Crippen molar-refractivity contribution in [3.63, 3.8) is 0 Å². The van der Waals surface area contributed by atoms with Gasteiger partial charge in [-0.25, -0.2) is 13.8 Å². The molecule has 0 radical (unpaired) electrons. The molecule has 10 nitrogen and oxygen atoms in total. The third-order valence-electron chi connectivity index (χ3n) is 6.88. The zero-order valence-corrected chi connectivity index (χ0v) is 24.6. The SMILES string of the molecule is COc1ccc(S(=O)(=O)N(CC(=O)N/N=C\c2ccc(OCC(=O)NC3CCCCC3)cc2)c2ccc(C)cc2)cc1. The molecular weight excluding hydrogens is 556 g/mol. The minimum atomic E-state index is -4.07.